The SMILES string of the molecule is CCC[C@@]12CC[C@@]3(C1)[C@H](CCCC3(C)C)C2=O. The summed E-state index contributed by atoms with van der Waals surface area (Å²) in [4.78, 5) is 12.8. The van der Waals surface area contributed by atoms with Crippen LogP contribution >= 0.6 is 0 Å². The Bertz CT molecular complexity index is 357. The molecule has 96 valence electrons. The number of hydrogen-bond donors (Lipinski definition) is 0. The third kappa shape index (κ3) is 1.24. The van der Waals surface area contributed by atoms with E-state index >= 15 is 0 Å². The van der Waals surface area contributed by atoms with Gasteiger partial charge >= 0.3 is 0 Å². The average Bonchev–Trinajstić information content (AvgIpc) is 2.74. The molecule has 3 aliphatic rings. The van der Waals surface area contributed by atoms with Crippen LogP contribution in [-0.4, -0.2) is 5.78 Å². The van der Waals surface area contributed by atoms with Gasteiger partial charge < -0.3 is 0 Å². The average molecular weight is 234 g/mol. The Morgan fingerprint density at radius 2 is 2.00 bits per heavy atom. The van der Waals surface area contributed by atoms with Gasteiger partial charge in [-0.25, -0.2) is 0 Å². The van der Waals surface area contributed by atoms with Crippen molar-refractivity contribution >= 4 is 5.78 Å². The summed E-state index contributed by atoms with van der Waals surface area (Å²) in [7, 11) is 0. The molecule has 0 aliphatic heterocycles. The van der Waals surface area contributed by atoms with Crippen LogP contribution < -0.4 is 0 Å². The zero-order chi connectivity index (χ0) is 12.3. The zero-order valence-electron chi connectivity index (χ0n) is 11.6. The van der Waals surface area contributed by atoms with Gasteiger partial charge in [0.25, 0.3) is 0 Å². The summed E-state index contributed by atoms with van der Waals surface area (Å²) in [6.07, 6.45) is 9.87. The molecule has 3 aliphatic carbocycles. The summed E-state index contributed by atoms with van der Waals surface area (Å²) < 4.78 is 0. The van der Waals surface area contributed by atoms with E-state index in [-0.39, 0.29) is 5.41 Å². The van der Waals surface area contributed by atoms with E-state index < -0.39 is 0 Å². The van der Waals surface area contributed by atoms with Crippen molar-refractivity contribution in [3.8, 4) is 0 Å². The maximum atomic E-state index is 12.8. The van der Waals surface area contributed by atoms with Crippen molar-refractivity contribution in [2.45, 2.75) is 72.1 Å². The highest BCUT2D eigenvalue weighted by Crippen LogP contribution is 2.73. The monoisotopic (exact) mass is 234 g/mol. The fourth-order valence-electron chi connectivity index (χ4n) is 5.64. The second-order valence-corrected chi connectivity index (χ2v) is 7.56. The van der Waals surface area contributed by atoms with E-state index in [9.17, 15) is 4.79 Å². The van der Waals surface area contributed by atoms with E-state index in [4.69, 9.17) is 0 Å². The third-order valence-electron chi connectivity index (χ3n) is 6.58. The van der Waals surface area contributed by atoms with Gasteiger partial charge in [0.15, 0.2) is 0 Å². The maximum absolute atomic E-state index is 12.8. The number of carbonyl (C=O) groups excluding carboxylic acids is 1. The topological polar surface area (TPSA) is 17.1 Å². The van der Waals surface area contributed by atoms with Crippen LogP contribution in [0.25, 0.3) is 0 Å². The molecule has 0 aromatic heterocycles. The number of carbonyl (C=O) groups is 1. The van der Waals surface area contributed by atoms with Crippen molar-refractivity contribution < 1.29 is 4.79 Å². The molecule has 3 rings (SSSR count). The molecule has 1 heteroatoms. The van der Waals surface area contributed by atoms with E-state index in [0.29, 0.717) is 22.5 Å². The molecular weight excluding hydrogens is 208 g/mol. The van der Waals surface area contributed by atoms with E-state index in [1.807, 2.05) is 0 Å². The highest BCUT2D eigenvalue weighted by Gasteiger charge is 2.69. The first-order valence-electron chi connectivity index (χ1n) is 7.52. The van der Waals surface area contributed by atoms with Crippen LogP contribution in [0.5, 0.6) is 0 Å². The Morgan fingerprint density at radius 3 is 2.65 bits per heavy atom. The molecule has 0 radical (unpaired) electrons. The van der Waals surface area contributed by atoms with Crippen LogP contribution in [-0.2, 0) is 4.79 Å². The highest BCUT2D eigenvalue weighted by atomic mass is 16.1. The van der Waals surface area contributed by atoms with Gasteiger partial charge in [-0.2, -0.15) is 0 Å². The summed E-state index contributed by atoms with van der Waals surface area (Å²) in [5, 5.41) is 0. The maximum Gasteiger partial charge on any atom is 0.142 e. The summed E-state index contributed by atoms with van der Waals surface area (Å²) >= 11 is 0. The molecule has 0 N–H and O–H groups in total. The molecule has 0 unspecified atom stereocenters. The minimum atomic E-state index is 0.112. The van der Waals surface area contributed by atoms with E-state index in [0.717, 1.165) is 6.42 Å². The molecule has 2 bridgehead atoms. The summed E-state index contributed by atoms with van der Waals surface area (Å²) in [5.74, 6) is 1.09. The summed E-state index contributed by atoms with van der Waals surface area (Å²) in [6, 6.07) is 0. The lowest BCUT2D eigenvalue weighted by atomic mass is 9.53. The minimum Gasteiger partial charge on any atom is -0.299 e. The lowest BCUT2D eigenvalue weighted by Crippen LogP contribution is -2.46. The Morgan fingerprint density at radius 1 is 1.24 bits per heavy atom. The molecule has 0 aromatic rings. The first-order valence-corrected chi connectivity index (χ1v) is 7.52. The Balaban J connectivity index is 2.02. The largest absolute Gasteiger partial charge is 0.299 e. The molecule has 3 fully saturated rings. The number of hydrogen-bond acceptors (Lipinski definition) is 1. The molecule has 3 atom stereocenters. The fraction of sp³-hybridized carbons (Fsp3) is 0.938. The molecule has 0 aromatic carbocycles. The quantitative estimate of drug-likeness (QED) is 0.694. The van der Waals surface area contributed by atoms with Crippen molar-refractivity contribution in [1.82, 2.24) is 0 Å². The Kier molecular flexibility index (Phi) is 2.32. The number of fused-ring (bicyclic) bond motifs is 1. The van der Waals surface area contributed by atoms with Crippen LogP contribution in [0.2, 0.25) is 0 Å². The number of ketones is 1. The van der Waals surface area contributed by atoms with Crippen molar-refractivity contribution in [2.75, 3.05) is 0 Å². The predicted molar refractivity (Wildman–Crippen MR) is 69.8 cm³/mol. The summed E-state index contributed by atoms with van der Waals surface area (Å²) in [6.45, 7) is 7.10. The lowest BCUT2D eigenvalue weighted by Gasteiger charge is -2.51. The van der Waals surface area contributed by atoms with Gasteiger partial charge in [-0.05, 0) is 49.4 Å². The van der Waals surface area contributed by atoms with Crippen LogP contribution in [0, 0.1) is 22.2 Å². The Labute approximate surface area is 105 Å². The van der Waals surface area contributed by atoms with E-state index in [2.05, 4.69) is 20.8 Å². The van der Waals surface area contributed by atoms with Crippen molar-refractivity contribution in [3.05, 3.63) is 0 Å². The number of rotatable bonds is 2. The molecule has 17 heavy (non-hydrogen) atoms. The second kappa shape index (κ2) is 3.36. The molecule has 1 nitrogen and oxygen atoms in total. The normalized spacial score (nSPS) is 47.2. The smallest absolute Gasteiger partial charge is 0.142 e. The van der Waals surface area contributed by atoms with Crippen LogP contribution in [0.3, 0.4) is 0 Å². The third-order valence-corrected chi connectivity index (χ3v) is 6.58. The van der Waals surface area contributed by atoms with Gasteiger partial charge in [-0.15, -0.1) is 0 Å². The second-order valence-electron chi connectivity index (χ2n) is 7.56. The summed E-state index contributed by atoms with van der Waals surface area (Å²) in [5.41, 5.74) is 0.899. The minimum absolute atomic E-state index is 0.112. The van der Waals surface area contributed by atoms with Gasteiger partial charge in [-0.1, -0.05) is 33.6 Å². The van der Waals surface area contributed by atoms with Gasteiger partial charge in [0.1, 0.15) is 5.78 Å². The van der Waals surface area contributed by atoms with Gasteiger partial charge in [0.2, 0.25) is 0 Å². The molecule has 1 spiro atoms. The van der Waals surface area contributed by atoms with E-state index in [1.54, 1.807) is 0 Å². The molecular formula is C16H26O. The van der Waals surface area contributed by atoms with Gasteiger partial charge in [0.05, 0.1) is 0 Å². The zero-order valence-corrected chi connectivity index (χ0v) is 11.6. The van der Waals surface area contributed by atoms with Crippen molar-refractivity contribution in [3.63, 3.8) is 0 Å². The van der Waals surface area contributed by atoms with Crippen molar-refractivity contribution in [2.24, 2.45) is 22.2 Å². The lowest BCUT2D eigenvalue weighted by molar-refractivity contribution is -0.137. The van der Waals surface area contributed by atoms with Crippen molar-refractivity contribution in [1.29, 1.82) is 0 Å². The molecule has 0 heterocycles. The fourth-order valence-corrected chi connectivity index (χ4v) is 5.64. The van der Waals surface area contributed by atoms with Crippen LogP contribution in [0.15, 0.2) is 0 Å². The van der Waals surface area contributed by atoms with Gasteiger partial charge in [0, 0.05) is 11.3 Å². The first kappa shape index (κ1) is 11.7. The molecule has 0 amide bonds. The van der Waals surface area contributed by atoms with Crippen LogP contribution in [0.4, 0.5) is 0 Å². The number of Topliss-reactive ketones (excluding diaryl/α,β-unsaturated/α-hetero) is 1. The Hall–Kier alpha value is -0.330. The first-order chi connectivity index (χ1) is 7.97. The predicted octanol–water partition coefficient (Wildman–Crippen LogP) is 4.35. The molecule has 0 saturated heterocycles. The highest BCUT2D eigenvalue weighted by molar-refractivity contribution is 5.91. The molecule has 3 saturated carbocycles. The van der Waals surface area contributed by atoms with Crippen LogP contribution in [0.1, 0.15) is 72.1 Å². The standard InChI is InChI=1S/C16H26O/c1-4-7-15-9-10-16(11-15)12(13(15)17)6-5-8-14(16,2)3/h12H,4-11H2,1-3H3/t12-,15-,16-/m1/s1. The van der Waals surface area contributed by atoms with Gasteiger partial charge in [-0.3, -0.25) is 4.79 Å². The van der Waals surface area contributed by atoms with E-state index in [1.165, 1.54) is 44.9 Å².